The van der Waals surface area contributed by atoms with Crippen LogP contribution in [0.4, 0.5) is 5.82 Å². The second-order valence-corrected chi connectivity index (χ2v) is 4.97. The maximum atomic E-state index is 12.0. The Morgan fingerprint density at radius 2 is 2.11 bits per heavy atom. The molecular weight excluding hydrogens is 250 g/mol. The summed E-state index contributed by atoms with van der Waals surface area (Å²) in [5, 5.41) is 22.9. The normalized spacial score (nSPS) is 17.9. The number of aromatic nitrogens is 1. The van der Waals surface area contributed by atoms with Crippen LogP contribution in [0.5, 0.6) is 0 Å². The van der Waals surface area contributed by atoms with Crippen molar-refractivity contribution in [3.63, 3.8) is 0 Å². The molecule has 1 aliphatic carbocycles. The molecule has 1 amide bonds. The van der Waals surface area contributed by atoms with Gasteiger partial charge in [-0.2, -0.15) is 0 Å². The van der Waals surface area contributed by atoms with E-state index in [0.717, 1.165) is 32.1 Å². The number of hydrogen-bond donors (Lipinski definition) is 3. The lowest BCUT2D eigenvalue weighted by molar-refractivity contribution is -0.389. The Kier molecular flexibility index (Phi) is 3.84. The number of carbonyl (C=O) groups is 1. The van der Waals surface area contributed by atoms with Crippen LogP contribution in [0.3, 0.4) is 0 Å². The van der Waals surface area contributed by atoms with Gasteiger partial charge in [-0.1, -0.05) is 19.3 Å². The summed E-state index contributed by atoms with van der Waals surface area (Å²) in [6.07, 6.45) is 4.50. The largest absolute Gasteiger partial charge is 0.394 e. The van der Waals surface area contributed by atoms with Crippen molar-refractivity contribution in [2.75, 3.05) is 6.61 Å². The molecule has 0 aromatic carbocycles. The van der Waals surface area contributed by atoms with E-state index < -0.39 is 16.4 Å². The number of aromatic amines is 1. The van der Waals surface area contributed by atoms with Gasteiger partial charge < -0.3 is 20.5 Å². The van der Waals surface area contributed by atoms with Crippen molar-refractivity contribution in [2.45, 2.75) is 37.6 Å². The average Bonchev–Trinajstić information content (AvgIpc) is 2.89. The second kappa shape index (κ2) is 5.40. The molecule has 104 valence electrons. The van der Waals surface area contributed by atoms with Crippen molar-refractivity contribution in [1.82, 2.24) is 10.3 Å². The van der Waals surface area contributed by atoms with Gasteiger partial charge in [0.2, 0.25) is 0 Å². The summed E-state index contributed by atoms with van der Waals surface area (Å²) in [5.74, 6) is -0.629. The topological polar surface area (TPSA) is 108 Å². The molecule has 1 heterocycles. The first-order valence-corrected chi connectivity index (χ1v) is 6.33. The lowest BCUT2D eigenvalue weighted by Crippen LogP contribution is -2.52. The van der Waals surface area contributed by atoms with E-state index in [1.807, 2.05) is 0 Å². The molecule has 7 nitrogen and oxygen atoms in total. The summed E-state index contributed by atoms with van der Waals surface area (Å²) in [6.45, 7) is -0.110. The first-order chi connectivity index (χ1) is 9.06. The molecule has 1 aromatic heterocycles. The maximum absolute atomic E-state index is 12.0. The molecule has 0 atom stereocenters. The molecule has 7 heteroatoms. The van der Waals surface area contributed by atoms with Gasteiger partial charge in [0.15, 0.2) is 5.69 Å². The highest BCUT2D eigenvalue weighted by atomic mass is 16.6. The molecule has 1 aromatic rings. The van der Waals surface area contributed by atoms with Crippen LogP contribution in [0.25, 0.3) is 0 Å². The van der Waals surface area contributed by atoms with Crippen LogP contribution in [-0.2, 0) is 0 Å². The van der Waals surface area contributed by atoms with Crippen LogP contribution in [0.2, 0.25) is 0 Å². The second-order valence-electron chi connectivity index (χ2n) is 4.97. The summed E-state index contributed by atoms with van der Waals surface area (Å²) < 4.78 is 0. The van der Waals surface area contributed by atoms with Crippen molar-refractivity contribution in [3.8, 4) is 0 Å². The molecule has 0 saturated heterocycles. The maximum Gasteiger partial charge on any atom is 0.321 e. The van der Waals surface area contributed by atoms with Gasteiger partial charge in [0.05, 0.1) is 12.1 Å². The molecule has 0 spiro atoms. The molecule has 19 heavy (non-hydrogen) atoms. The fraction of sp³-hybridized carbons (Fsp3) is 0.583. The minimum Gasteiger partial charge on any atom is -0.394 e. The van der Waals surface area contributed by atoms with Crippen LogP contribution < -0.4 is 5.32 Å². The van der Waals surface area contributed by atoms with E-state index >= 15 is 0 Å². The third-order valence-corrected chi connectivity index (χ3v) is 3.60. The van der Waals surface area contributed by atoms with E-state index in [4.69, 9.17) is 0 Å². The molecule has 1 aliphatic rings. The number of aliphatic hydroxyl groups excluding tert-OH is 1. The van der Waals surface area contributed by atoms with Crippen LogP contribution in [0.15, 0.2) is 12.1 Å². The Bertz CT molecular complexity index is 477. The number of rotatable bonds is 4. The first-order valence-electron chi connectivity index (χ1n) is 6.33. The molecule has 2 rings (SSSR count). The van der Waals surface area contributed by atoms with Crippen molar-refractivity contribution < 1.29 is 14.8 Å². The highest BCUT2D eigenvalue weighted by molar-refractivity contribution is 5.93. The van der Waals surface area contributed by atoms with E-state index in [1.165, 1.54) is 12.1 Å². The number of nitrogens with one attached hydrogen (secondary N) is 2. The monoisotopic (exact) mass is 267 g/mol. The fourth-order valence-corrected chi connectivity index (χ4v) is 2.48. The van der Waals surface area contributed by atoms with Gasteiger partial charge in [-0.25, -0.2) is 4.98 Å². The predicted octanol–water partition coefficient (Wildman–Crippen LogP) is 1.35. The zero-order valence-electron chi connectivity index (χ0n) is 10.5. The van der Waals surface area contributed by atoms with Gasteiger partial charge >= 0.3 is 5.82 Å². The molecule has 1 saturated carbocycles. The lowest BCUT2D eigenvalue weighted by atomic mass is 9.82. The van der Waals surface area contributed by atoms with E-state index in [0.29, 0.717) is 0 Å². The molecule has 3 N–H and O–H groups in total. The van der Waals surface area contributed by atoms with Crippen LogP contribution >= 0.6 is 0 Å². The summed E-state index contributed by atoms with van der Waals surface area (Å²) in [7, 11) is 0. The van der Waals surface area contributed by atoms with Gasteiger partial charge in [0.1, 0.15) is 0 Å². The van der Waals surface area contributed by atoms with Gasteiger partial charge in [0, 0.05) is 6.07 Å². The Balaban J connectivity index is 2.08. The van der Waals surface area contributed by atoms with E-state index in [2.05, 4.69) is 10.3 Å². The summed E-state index contributed by atoms with van der Waals surface area (Å²) >= 11 is 0. The summed E-state index contributed by atoms with van der Waals surface area (Å²) in [4.78, 5) is 24.5. The SMILES string of the molecule is O=C(NC1(CO)CCCCC1)c1ccc([N+](=O)[O-])[nH]1. The quantitative estimate of drug-likeness (QED) is 0.565. The van der Waals surface area contributed by atoms with Gasteiger partial charge in [-0.15, -0.1) is 0 Å². The molecule has 0 unspecified atom stereocenters. The number of hydrogen-bond acceptors (Lipinski definition) is 4. The van der Waals surface area contributed by atoms with E-state index in [1.54, 1.807) is 0 Å². The van der Waals surface area contributed by atoms with Crippen molar-refractivity contribution in [1.29, 1.82) is 0 Å². The van der Waals surface area contributed by atoms with Gasteiger partial charge in [-0.3, -0.25) is 4.79 Å². The zero-order valence-corrected chi connectivity index (χ0v) is 10.5. The zero-order chi connectivity index (χ0) is 13.9. The third kappa shape index (κ3) is 2.93. The molecule has 0 bridgehead atoms. The third-order valence-electron chi connectivity index (χ3n) is 3.60. The highest BCUT2D eigenvalue weighted by Crippen LogP contribution is 2.28. The molecule has 1 fully saturated rings. The van der Waals surface area contributed by atoms with Gasteiger partial charge in [-0.05, 0) is 23.8 Å². The number of H-pyrrole nitrogens is 1. The number of amides is 1. The van der Waals surface area contributed by atoms with Crippen molar-refractivity contribution >= 4 is 11.7 Å². The average molecular weight is 267 g/mol. The summed E-state index contributed by atoms with van der Waals surface area (Å²) in [5.41, 5.74) is -0.444. The Labute approximate surface area is 110 Å². The summed E-state index contributed by atoms with van der Waals surface area (Å²) in [6, 6.07) is 2.63. The van der Waals surface area contributed by atoms with Crippen LogP contribution in [0.1, 0.15) is 42.6 Å². The Morgan fingerprint density at radius 1 is 1.42 bits per heavy atom. The first kappa shape index (κ1) is 13.5. The van der Waals surface area contributed by atoms with E-state index in [-0.39, 0.29) is 18.1 Å². The molecule has 0 aliphatic heterocycles. The lowest BCUT2D eigenvalue weighted by Gasteiger charge is -2.36. The van der Waals surface area contributed by atoms with E-state index in [9.17, 15) is 20.0 Å². The van der Waals surface area contributed by atoms with Gasteiger partial charge in [0.25, 0.3) is 5.91 Å². The minimum absolute atomic E-state index is 0.110. The number of aliphatic hydroxyl groups is 1. The fourth-order valence-electron chi connectivity index (χ4n) is 2.48. The van der Waals surface area contributed by atoms with Crippen LogP contribution in [-0.4, -0.2) is 33.1 Å². The minimum atomic E-state index is -0.588. The van der Waals surface area contributed by atoms with Crippen molar-refractivity contribution in [2.24, 2.45) is 0 Å². The standard InChI is InChI=1S/C12H17N3O4/c16-8-12(6-2-1-3-7-12)14-11(17)9-4-5-10(13-9)15(18)19/h4-5,13,16H,1-3,6-8H2,(H,14,17). The predicted molar refractivity (Wildman–Crippen MR) is 67.8 cm³/mol. The number of nitro groups is 1. The number of nitrogens with zero attached hydrogens (tertiary/aromatic N) is 1. The smallest absolute Gasteiger partial charge is 0.321 e. The molecule has 0 radical (unpaired) electrons. The Hall–Kier alpha value is -1.89. The number of carbonyl (C=O) groups excluding carboxylic acids is 1. The van der Waals surface area contributed by atoms with Crippen LogP contribution in [0, 0.1) is 10.1 Å². The molecular formula is C12H17N3O4. The van der Waals surface area contributed by atoms with Crippen molar-refractivity contribution in [3.05, 3.63) is 27.9 Å². The Morgan fingerprint density at radius 3 is 2.63 bits per heavy atom. The highest BCUT2D eigenvalue weighted by Gasteiger charge is 2.34.